The Hall–Kier alpha value is -0.120. The van der Waals surface area contributed by atoms with Gasteiger partial charge in [-0.2, -0.15) is 0 Å². The summed E-state index contributed by atoms with van der Waals surface area (Å²) in [5.41, 5.74) is 0.0693. The van der Waals surface area contributed by atoms with E-state index in [1.54, 1.807) is 0 Å². The molecule has 2 unspecified atom stereocenters. The first-order valence-electron chi connectivity index (χ1n) is 7.65. The summed E-state index contributed by atoms with van der Waals surface area (Å²) in [4.78, 5) is 2.59. The highest BCUT2D eigenvalue weighted by molar-refractivity contribution is 4.87. The zero-order valence-corrected chi connectivity index (χ0v) is 12.4. The van der Waals surface area contributed by atoms with Gasteiger partial charge in [-0.25, -0.2) is 0 Å². The number of piperidine rings is 1. The first-order valence-corrected chi connectivity index (χ1v) is 7.65. The van der Waals surface area contributed by atoms with Crippen LogP contribution < -0.4 is 5.32 Å². The van der Waals surface area contributed by atoms with Gasteiger partial charge in [0, 0.05) is 32.3 Å². The van der Waals surface area contributed by atoms with E-state index in [1.165, 1.54) is 45.1 Å². The molecule has 3 nitrogen and oxygen atoms in total. The molecule has 1 saturated carbocycles. The Balaban J connectivity index is 1.75. The predicted molar refractivity (Wildman–Crippen MR) is 75.9 cm³/mol. The van der Waals surface area contributed by atoms with Crippen molar-refractivity contribution in [2.24, 2.45) is 0 Å². The molecule has 0 aromatic carbocycles. The predicted octanol–water partition coefficient (Wildman–Crippen LogP) is 2.41. The molecule has 2 fully saturated rings. The summed E-state index contributed by atoms with van der Waals surface area (Å²) in [5, 5.41) is 3.74. The topological polar surface area (TPSA) is 24.5 Å². The molecule has 0 bridgehead atoms. The molecule has 2 atom stereocenters. The quantitative estimate of drug-likeness (QED) is 0.815. The van der Waals surface area contributed by atoms with Gasteiger partial charge in [0.05, 0.1) is 5.60 Å². The second-order valence-corrected chi connectivity index (χ2v) is 6.47. The van der Waals surface area contributed by atoms with Gasteiger partial charge in [-0.3, -0.25) is 4.90 Å². The van der Waals surface area contributed by atoms with Gasteiger partial charge < -0.3 is 10.1 Å². The Morgan fingerprint density at radius 1 is 1.33 bits per heavy atom. The maximum absolute atomic E-state index is 5.67. The minimum atomic E-state index is 0.0693. The van der Waals surface area contributed by atoms with Crippen LogP contribution in [0.1, 0.15) is 52.4 Å². The van der Waals surface area contributed by atoms with Crippen molar-refractivity contribution >= 4 is 0 Å². The van der Waals surface area contributed by atoms with Crippen molar-refractivity contribution in [1.82, 2.24) is 10.2 Å². The van der Waals surface area contributed by atoms with Gasteiger partial charge in [-0.15, -0.1) is 0 Å². The number of ether oxygens (including phenoxy) is 1. The summed E-state index contributed by atoms with van der Waals surface area (Å²) in [5.74, 6) is 0. The lowest BCUT2D eigenvalue weighted by Crippen LogP contribution is -2.53. The molecule has 0 spiro atoms. The normalized spacial score (nSPS) is 32.8. The highest BCUT2D eigenvalue weighted by atomic mass is 16.5. The van der Waals surface area contributed by atoms with Crippen LogP contribution in [0.25, 0.3) is 0 Å². The van der Waals surface area contributed by atoms with Crippen LogP contribution in [0.4, 0.5) is 0 Å². The van der Waals surface area contributed by atoms with E-state index in [9.17, 15) is 0 Å². The Kier molecular flexibility index (Phi) is 5.05. The van der Waals surface area contributed by atoms with Crippen molar-refractivity contribution in [2.45, 2.75) is 70.1 Å². The monoisotopic (exact) mass is 254 g/mol. The first-order chi connectivity index (χ1) is 8.63. The van der Waals surface area contributed by atoms with Crippen molar-refractivity contribution < 1.29 is 4.74 Å². The molecule has 1 aliphatic carbocycles. The lowest BCUT2D eigenvalue weighted by molar-refractivity contribution is -0.0594. The third-order valence-corrected chi connectivity index (χ3v) is 4.86. The van der Waals surface area contributed by atoms with Crippen LogP contribution in [-0.2, 0) is 4.74 Å². The molecule has 0 aromatic heterocycles. The summed E-state index contributed by atoms with van der Waals surface area (Å²) in [6.45, 7) is 8.04. The third-order valence-electron chi connectivity index (χ3n) is 4.86. The van der Waals surface area contributed by atoms with E-state index in [0.717, 1.165) is 19.1 Å². The second kappa shape index (κ2) is 6.36. The van der Waals surface area contributed by atoms with Crippen LogP contribution in [0.15, 0.2) is 0 Å². The molecule has 18 heavy (non-hydrogen) atoms. The van der Waals surface area contributed by atoms with Gasteiger partial charge in [-0.05, 0) is 46.1 Å². The maximum Gasteiger partial charge on any atom is 0.0777 e. The minimum Gasteiger partial charge on any atom is -0.377 e. The fourth-order valence-electron chi connectivity index (χ4n) is 3.38. The molecule has 2 rings (SSSR count). The highest BCUT2D eigenvalue weighted by Gasteiger charge is 2.32. The lowest BCUT2D eigenvalue weighted by atomic mass is 9.93. The summed E-state index contributed by atoms with van der Waals surface area (Å²) >= 11 is 0. The Labute approximate surface area is 112 Å². The second-order valence-electron chi connectivity index (χ2n) is 6.47. The zero-order valence-electron chi connectivity index (χ0n) is 12.4. The highest BCUT2D eigenvalue weighted by Crippen LogP contribution is 2.25. The van der Waals surface area contributed by atoms with Crippen molar-refractivity contribution in [2.75, 3.05) is 26.7 Å². The zero-order chi connectivity index (χ0) is 13.0. The van der Waals surface area contributed by atoms with E-state index in [-0.39, 0.29) is 5.60 Å². The molecule has 0 aromatic rings. The number of methoxy groups -OCH3 is 1. The van der Waals surface area contributed by atoms with E-state index in [1.807, 2.05) is 7.11 Å². The van der Waals surface area contributed by atoms with Crippen LogP contribution in [0, 0.1) is 0 Å². The standard InChI is InChI=1S/C15H30N2O/c1-13(11-16-14-7-4-5-8-14)17-10-6-9-15(2,12-17)18-3/h13-14,16H,4-12H2,1-3H3. The van der Waals surface area contributed by atoms with Crippen molar-refractivity contribution in [3.63, 3.8) is 0 Å². The Morgan fingerprint density at radius 3 is 2.72 bits per heavy atom. The molecule has 1 heterocycles. The van der Waals surface area contributed by atoms with E-state index in [0.29, 0.717) is 6.04 Å². The summed E-state index contributed by atoms with van der Waals surface area (Å²) in [7, 11) is 1.85. The van der Waals surface area contributed by atoms with E-state index in [4.69, 9.17) is 4.74 Å². The van der Waals surface area contributed by atoms with E-state index >= 15 is 0 Å². The smallest absolute Gasteiger partial charge is 0.0777 e. The third kappa shape index (κ3) is 3.69. The molecular formula is C15H30N2O. The summed E-state index contributed by atoms with van der Waals surface area (Å²) in [6, 6.07) is 1.41. The van der Waals surface area contributed by atoms with Crippen LogP contribution in [-0.4, -0.2) is 49.3 Å². The number of likely N-dealkylation sites (tertiary alicyclic amines) is 1. The molecule has 3 heteroatoms. The number of nitrogens with one attached hydrogen (secondary N) is 1. The van der Waals surface area contributed by atoms with Gasteiger partial charge in [0.25, 0.3) is 0 Å². The molecule has 0 radical (unpaired) electrons. The first kappa shape index (κ1) is 14.3. The summed E-state index contributed by atoms with van der Waals surface area (Å²) in [6.07, 6.45) is 8.04. The average Bonchev–Trinajstić information content (AvgIpc) is 2.89. The van der Waals surface area contributed by atoms with Crippen molar-refractivity contribution in [1.29, 1.82) is 0 Å². The Morgan fingerprint density at radius 2 is 2.06 bits per heavy atom. The molecule has 1 saturated heterocycles. The molecular weight excluding hydrogens is 224 g/mol. The molecule has 106 valence electrons. The van der Waals surface area contributed by atoms with E-state index < -0.39 is 0 Å². The van der Waals surface area contributed by atoms with Gasteiger partial charge >= 0.3 is 0 Å². The Bertz CT molecular complexity index is 253. The van der Waals surface area contributed by atoms with Gasteiger partial charge in [-0.1, -0.05) is 12.8 Å². The molecule has 0 amide bonds. The maximum atomic E-state index is 5.67. The lowest BCUT2D eigenvalue weighted by Gasteiger charge is -2.42. The van der Waals surface area contributed by atoms with Gasteiger partial charge in [0.2, 0.25) is 0 Å². The number of hydrogen-bond acceptors (Lipinski definition) is 3. The molecule has 2 aliphatic rings. The largest absolute Gasteiger partial charge is 0.377 e. The van der Waals surface area contributed by atoms with Crippen molar-refractivity contribution in [3.05, 3.63) is 0 Å². The number of rotatable bonds is 5. The fourth-order valence-corrected chi connectivity index (χ4v) is 3.38. The van der Waals surface area contributed by atoms with Crippen LogP contribution >= 0.6 is 0 Å². The van der Waals surface area contributed by atoms with Crippen LogP contribution in [0.5, 0.6) is 0 Å². The summed E-state index contributed by atoms with van der Waals surface area (Å²) < 4.78 is 5.67. The van der Waals surface area contributed by atoms with Crippen molar-refractivity contribution in [3.8, 4) is 0 Å². The van der Waals surface area contributed by atoms with Crippen LogP contribution in [0.3, 0.4) is 0 Å². The SMILES string of the molecule is COC1(C)CCCN(C(C)CNC2CCCC2)C1. The minimum absolute atomic E-state index is 0.0693. The fraction of sp³-hybridized carbons (Fsp3) is 1.00. The molecule has 1 aliphatic heterocycles. The van der Waals surface area contributed by atoms with Crippen LogP contribution in [0.2, 0.25) is 0 Å². The van der Waals surface area contributed by atoms with Gasteiger partial charge in [0.1, 0.15) is 0 Å². The number of hydrogen-bond donors (Lipinski definition) is 1. The van der Waals surface area contributed by atoms with E-state index in [2.05, 4.69) is 24.1 Å². The van der Waals surface area contributed by atoms with Gasteiger partial charge in [0.15, 0.2) is 0 Å². The number of nitrogens with zero attached hydrogens (tertiary/aromatic N) is 1. The molecule has 1 N–H and O–H groups in total. The average molecular weight is 254 g/mol.